The smallest absolute Gasteiger partial charge is 0.263 e. The Morgan fingerprint density at radius 3 is 2.73 bits per heavy atom. The number of hydrogen-bond acceptors (Lipinski definition) is 3. The number of benzene rings is 1. The lowest BCUT2D eigenvalue weighted by molar-refractivity contribution is 0.0748. The fourth-order valence-corrected chi connectivity index (χ4v) is 3.84. The van der Waals surface area contributed by atoms with Crippen molar-refractivity contribution in [1.29, 1.82) is 0 Å². The third kappa shape index (κ3) is 2.91. The summed E-state index contributed by atoms with van der Waals surface area (Å²) in [4.78, 5) is 16.3. The number of amides is 1. The van der Waals surface area contributed by atoms with Gasteiger partial charge in [-0.1, -0.05) is 12.1 Å². The van der Waals surface area contributed by atoms with Gasteiger partial charge in [-0.15, -0.1) is 11.3 Å². The Morgan fingerprint density at radius 1 is 1.36 bits per heavy atom. The molecule has 1 atom stereocenters. The van der Waals surface area contributed by atoms with E-state index in [0.717, 1.165) is 40.4 Å². The van der Waals surface area contributed by atoms with E-state index in [1.807, 2.05) is 24.9 Å². The van der Waals surface area contributed by atoms with Crippen LogP contribution in [0.5, 0.6) is 0 Å². The number of carbonyl (C=O) groups is 1. The normalized spacial score (nSPS) is 17.7. The van der Waals surface area contributed by atoms with Crippen molar-refractivity contribution in [2.45, 2.75) is 19.4 Å². The minimum atomic E-state index is -0.249. The van der Waals surface area contributed by atoms with E-state index in [2.05, 4.69) is 5.32 Å². The molecule has 0 aliphatic carbocycles. The topological polar surface area (TPSA) is 32.3 Å². The van der Waals surface area contributed by atoms with Gasteiger partial charge in [0.25, 0.3) is 5.91 Å². The van der Waals surface area contributed by atoms with E-state index in [4.69, 9.17) is 0 Å². The molecule has 0 spiro atoms. The molecule has 0 radical (unpaired) electrons. The van der Waals surface area contributed by atoms with Crippen molar-refractivity contribution in [1.82, 2.24) is 10.2 Å². The summed E-state index contributed by atoms with van der Waals surface area (Å²) in [6, 6.07) is 8.60. The van der Waals surface area contributed by atoms with Gasteiger partial charge in [-0.3, -0.25) is 4.79 Å². The zero-order valence-corrected chi connectivity index (χ0v) is 13.5. The number of halogens is 1. The summed E-state index contributed by atoms with van der Waals surface area (Å²) < 4.78 is 13.1. The average molecular weight is 318 g/mol. The second kappa shape index (κ2) is 6.18. The maximum atomic E-state index is 13.1. The van der Waals surface area contributed by atoms with E-state index in [-0.39, 0.29) is 17.8 Å². The molecule has 1 aliphatic rings. The van der Waals surface area contributed by atoms with Crippen LogP contribution < -0.4 is 5.32 Å². The molecular weight excluding hydrogens is 299 g/mol. The van der Waals surface area contributed by atoms with Gasteiger partial charge in [-0.25, -0.2) is 4.39 Å². The summed E-state index contributed by atoms with van der Waals surface area (Å²) >= 11 is 1.50. The van der Waals surface area contributed by atoms with Crippen LogP contribution in [0.1, 0.15) is 21.0 Å². The minimum absolute atomic E-state index is 0.0650. The zero-order chi connectivity index (χ0) is 15.7. The molecule has 3 rings (SSSR count). The van der Waals surface area contributed by atoms with Crippen LogP contribution in [-0.2, 0) is 0 Å². The molecule has 22 heavy (non-hydrogen) atoms. The predicted octanol–water partition coefficient (Wildman–Crippen LogP) is 3.30. The van der Waals surface area contributed by atoms with Gasteiger partial charge in [-0.2, -0.15) is 0 Å². The van der Waals surface area contributed by atoms with Crippen molar-refractivity contribution in [3.8, 4) is 11.1 Å². The highest BCUT2D eigenvalue weighted by atomic mass is 32.1. The van der Waals surface area contributed by atoms with E-state index in [1.54, 1.807) is 12.1 Å². The third-order valence-corrected chi connectivity index (χ3v) is 5.22. The van der Waals surface area contributed by atoms with E-state index >= 15 is 0 Å². The number of likely N-dealkylation sites (N-methyl/N-ethyl adjacent to an activating group) is 1. The number of carbonyl (C=O) groups excluding carboxylic acids is 1. The first-order valence-electron chi connectivity index (χ1n) is 7.40. The number of hydrogen-bond donors (Lipinski definition) is 1. The summed E-state index contributed by atoms with van der Waals surface area (Å²) in [5.74, 6) is -0.184. The molecule has 1 N–H and O–H groups in total. The fraction of sp³-hybridized carbons (Fsp3) is 0.353. The van der Waals surface area contributed by atoms with E-state index in [9.17, 15) is 9.18 Å². The Balaban J connectivity index is 1.85. The molecule has 5 heteroatoms. The van der Waals surface area contributed by atoms with Crippen LogP contribution in [-0.4, -0.2) is 37.0 Å². The Morgan fingerprint density at radius 2 is 2.09 bits per heavy atom. The summed E-state index contributed by atoms with van der Waals surface area (Å²) in [7, 11) is 1.87. The molecule has 2 aromatic rings. The SMILES string of the molecule is Cc1sc(C(=O)N(C)C2CCNC2)cc1-c1ccc(F)cc1. The van der Waals surface area contributed by atoms with Crippen molar-refractivity contribution >= 4 is 17.2 Å². The highest BCUT2D eigenvalue weighted by Crippen LogP contribution is 2.32. The van der Waals surface area contributed by atoms with Gasteiger partial charge in [0.1, 0.15) is 5.82 Å². The molecule has 1 saturated heterocycles. The maximum absolute atomic E-state index is 13.1. The van der Waals surface area contributed by atoms with Crippen molar-refractivity contribution < 1.29 is 9.18 Å². The van der Waals surface area contributed by atoms with Crippen LogP contribution in [0.2, 0.25) is 0 Å². The minimum Gasteiger partial charge on any atom is -0.337 e. The summed E-state index contributed by atoms with van der Waals surface area (Å²) in [5.41, 5.74) is 1.95. The van der Waals surface area contributed by atoms with Crippen molar-refractivity contribution in [2.24, 2.45) is 0 Å². The van der Waals surface area contributed by atoms with Crippen LogP contribution in [0, 0.1) is 12.7 Å². The highest BCUT2D eigenvalue weighted by Gasteiger charge is 2.25. The first-order valence-corrected chi connectivity index (χ1v) is 8.22. The second-order valence-corrected chi connectivity index (χ2v) is 6.91. The van der Waals surface area contributed by atoms with Gasteiger partial charge in [0.05, 0.1) is 4.88 Å². The van der Waals surface area contributed by atoms with Crippen molar-refractivity contribution in [3.05, 3.63) is 45.9 Å². The molecule has 0 bridgehead atoms. The molecule has 116 valence electrons. The zero-order valence-electron chi connectivity index (χ0n) is 12.7. The van der Waals surface area contributed by atoms with Gasteiger partial charge >= 0.3 is 0 Å². The molecule has 3 nitrogen and oxygen atoms in total. The Bertz CT molecular complexity index is 674. The molecule has 1 amide bonds. The monoisotopic (exact) mass is 318 g/mol. The van der Waals surface area contributed by atoms with Crippen molar-refractivity contribution in [3.63, 3.8) is 0 Å². The average Bonchev–Trinajstić information content (AvgIpc) is 3.16. The summed E-state index contributed by atoms with van der Waals surface area (Å²) in [6.45, 7) is 3.82. The number of aryl methyl sites for hydroxylation is 1. The quantitative estimate of drug-likeness (QED) is 0.942. The number of rotatable bonds is 3. The first kappa shape index (κ1) is 15.2. The van der Waals surface area contributed by atoms with E-state index in [0.29, 0.717) is 0 Å². The van der Waals surface area contributed by atoms with Gasteiger partial charge in [0.2, 0.25) is 0 Å². The van der Waals surface area contributed by atoms with Crippen LogP contribution in [0.4, 0.5) is 4.39 Å². The van der Waals surface area contributed by atoms with Crippen molar-refractivity contribution in [2.75, 3.05) is 20.1 Å². The molecular formula is C17H19FN2OS. The Labute approximate surface area is 133 Å². The number of nitrogens with one attached hydrogen (secondary N) is 1. The van der Waals surface area contributed by atoms with Crippen LogP contribution in [0.3, 0.4) is 0 Å². The molecule has 1 aromatic carbocycles. The van der Waals surface area contributed by atoms with E-state index in [1.165, 1.54) is 23.5 Å². The van der Waals surface area contributed by atoms with Crippen LogP contribution in [0.25, 0.3) is 11.1 Å². The standard InChI is InChI=1S/C17H19FN2OS/c1-11-15(12-3-5-13(18)6-4-12)9-16(22-11)17(21)20(2)14-7-8-19-10-14/h3-6,9,14,19H,7-8,10H2,1-2H3. The fourth-order valence-electron chi connectivity index (χ4n) is 2.81. The van der Waals surface area contributed by atoms with Crippen LogP contribution >= 0.6 is 11.3 Å². The second-order valence-electron chi connectivity index (χ2n) is 5.65. The third-order valence-electron chi connectivity index (χ3n) is 4.19. The van der Waals surface area contributed by atoms with Gasteiger partial charge < -0.3 is 10.2 Å². The number of nitrogens with zero attached hydrogens (tertiary/aromatic N) is 1. The molecule has 1 aliphatic heterocycles. The number of thiophene rings is 1. The first-order chi connectivity index (χ1) is 10.6. The van der Waals surface area contributed by atoms with Crippen LogP contribution in [0.15, 0.2) is 30.3 Å². The maximum Gasteiger partial charge on any atom is 0.263 e. The Kier molecular flexibility index (Phi) is 4.27. The molecule has 1 aromatic heterocycles. The summed E-state index contributed by atoms with van der Waals surface area (Å²) in [5, 5.41) is 3.28. The summed E-state index contributed by atoms with van der Waals surface area (Å²) in [6.07, 6.45) is 0.997. The Hall–Kier alpha value is -1.72. The lowest BCUT2D eigenvalue weighted by Gasteiger charge is -2.23. The molecule has 1 fully saturated rings. The predicted molar refractivity (Wildman–Crippen MR) is 87.8 cm³/mol. The lowest BCUT2D eigenvalue weighted by atomic mass is 10.1. The lowest BCUT2D eigenvalue weighted by Crippen LogP contribution is -2.37. The van der Waals surface area contributed by atoms with Gasteiger partial charge in [-0.05, 0) is 49.2 Å². The molecule has 1 unspecified atom stereocenters. The molecule has 2 heterocycles. The van der Waals surface area contributed by atoms with Gasteiger partial charge in [0, 0.05) is 24.5 Å². The molecule has 0 saturated carbocycles. The largest absolute Gasteiger partial charge is 0.337 e. The van der Waals surface area contributed by atoms with E-state index < -0.39 is 0 Å². The van der Waals surface area contributed by atoms with Gasteiger partial charge in [0.15, 0.2) is 0 Å². The highest BCUT2D eigenvalue weighted by molar-refractivity contribution is 7.14.